The molecule has 0 heteroatoms. The van der Waals surface area contributed by atoms with Gasteiger partial charge in [-0.1, -0.05) is 194 Å². The van der Waals surface area contributed by atoms with Gasteiger partial charge in [0, 0.05) is 0 Å². The Balaban J connectivity index is 1.36. The van der Waals surface area contributed by atoms with Crippen molar-refractivity contribution in [1.29, 1.82) is 0 Å². The van der Waals surface area contributed by atoms with E-state index in [1.807, 2.05) is 0 Å². The fraction of sp³-hybridized carbons (Fsp3) is 0.172. The van der Waals surface area contributed by atoms with E-state index in [0.717, 1.165) is 0 Å². The van der Waals surface area contributed by atoms with Crippen LogP contribution in [0, 0.1) is 0 Å². The number of fused-ring (bicyclic) bond motifs is 2. The van der Waals surface area contributed by atoms with Crippen molar-refractivity contribution in [2.75, 3.05) is 0 Å². The van der Waals surface area contributed by atoms with Crippen LogP contribution < -0.4 is 0 Å². The average Bonchev–Trinajstić information content (AvgIpc) is 3.24. The third-order valence-corrected chi connectivity index (χ3v) is 12.7. The molecule has 0 aliphatic rings. The van der Waals surface area contributed by atoms with E-state index in [-0.39, 0.29) is 5.41 Å². The predicted molar refractivity (Wildman–Crippen MR) is 254 cm³/mol. The highest BCUT2D eigenvalue weighted by atomic mass is 14.3. The highest BCUT2D eigenvalue weighted by Gasteiger charge is 2.24. The Hall–Kier alpha value is -6.24. The van der Waals surface area contributed by atoms with Crippen LogP contribution in [0.15, 0.2) is 164 Å². The van der Waals surface area contributed by atoms with Crippen molar-refractivity contribution in [1.82, 2.24) is 0 Å². The molecule has 0 atom stereocenters. The van der Waals surface area contributed by atoms with Gasteiger partial charge in [0.1, 0.15) is 0 Å². The summed E-state index contributed by atoms with van der Waals surface area (Å²) < 4.78 is 0. The first kappa shape index (κ1) is 36.1. The second-order valence-electron chi connectivity index (χ2n) is 18.1. The van der Waals surface area contributed by atoms with E-state index in [4.69, 9.17) is 0 Å². The van der Waals surface area contributed by atoms with Crippen LogP contribution in [0.4, 0.5) is 0 Å². The van der Waals surface area contributed by atoms with E-state index < -0.39 is 0 Å². The summed E-state index contributed by atoms with van der Waals surface area (Å²) in [5.41, 5.74) is 14.2. The number of hydrogen-bond acceptors (Lipinski definition) is 0. The first-order valence-electron chi connectivity index (χ1n) is 21.1. The van der Waals surface area contributed by atoms with Crippen molar-refractivity contribution >= 4 is 53.9 Å². The molecule has 0 saturated heterocycles. The summed E-state index contributed by atoms with van der Waals surface area (Å²) >= 11 is 0. The summed E-state index contributed by atoms with van der Waals surface area (Å²) in [4.78, 5) is 0. The van der Waals surface area contributed by atoms with E-state index in [1.165, 1.54) is 115 Å². The Morgan fingerprint density at radius 3 is 1.34 bits per heavy atom. The summed E-state index contributed by atoms with van der Waals surface area (Å²) in [5.74, 6) is 0.782. The first-order valence-corrected chi connectivity index (χ1v) is 21.1. The van der Waals surface area contributed by atoms with Crippen LogP contribution in [0.1, 0.15) is 77.0 Å². The van der Waals surface area contributed by atoms with E-state index in [2.05, 4.69) is 212 Å². The van der Waals surface area contributed by atoms with Gasteiger partial charge in [0.05, 0.1) is 0 Å². The van der Waals surface area contributed by atoms with E-state index >= 15 is 0 Å². The third kappa shape index (κ3) is 5.89. The molecule has 0 amide bonds. The average molecular weight is 747 g/mol. The second kappa shape index (κ2) is 13.7. The van der Waals surface area contributed by atoms with Gasteiger partial charge in [-0.2, -0.15) is 0 Å². The Morgan fingerprint density at radius 2 is 0.793 bits per heavy atom. The van der Waals surface area contributed by atoms with E-state index in [1.54, 1.807) is 0 Å². The highest BCUT2D eigenvalue weighted by Crippen LogP contribution is 2.50. The molecule has 0 saturated carbocycles. The maximum atomic E-state index is 2.50. The van der Waals surface area contributed by atoms with Crippen molar-refractivity contribution in [2.24, 2.45) is 0 Å². The summed E-state index contributed by atoms with van der Waals surface area (Å²) in [6.07, 6.45) is 0. The quantitative estimate of drug-likeness (QED) is 0.117. The number of benzene rings is 10. The molecule has 10 aromatic carbocycles. The molecule has 282 valence electrons. The topological polar surface area (TPSA) is 0 Å². The molecule has 0 spiro atoms. The minimum atomic E-state index is 0.0347. The summed E-state index contributed by atoms with van der Waals surface area (Å²) in [7, 11) is 0. The zero-order valence-corrected chi connectivity index (χ0v) is 34.7. The highest BCUT2D eigenvalue weighted by molar-refractivity contribution is 6.30. The SMILES string of the molecule is CC(C)c1ccc2c(-c3ccc4ccc5c(C(C)(C)C)ccc6ccc3c4c65)c3cc(C(C)C)ccc3c(-c3cc(-c4ccccc4)cc(-c4ccccc4)c3)c2c1. The van der Waals surface area contributed by atoms with Gasteiger partial charge in [0.2, 0.25) is 0 Å². The summed E-state index contributed by atoms with van der Waals surface area (Å²) in [6.45, 7) is 16.3. The fourth-order valence-electron chi connectivity index (χ4n) is 9.62. The lowest BCUT2D eigenvalue weighted by atomic mass is 9.79. The van der Waals surface area contributed by atoms with Crippen LogP contribution in [-0.4, -0.2) is 0 Å². The molecular formula is C58H50. The first-order chi connectivity index (χ1) is 28.0. The van der Waals surface area contributed by atoms with Gasteiger partial charge >= 0.3 is 0 Å². The second-order valence-corrected chi connectivity index (χ2v) is 18.1. The van der Waals surface area contributed by atoms with Crippen LogP contribution in [0.3, 0.4) is 0 Å². The largest absolute Gasteiger partial charge is 0.0622 e. The molecule has 0 heterocycles. The third-order valence-electron chi connectivity index (χ3n) is 12.7. The maximum absolute atomic E-state index is 2.50. The molecule has 0 bridgehead atoms. The zero-order chi connectivity index (χ0) is 39.9. The van der Waals surface area contributed by atoms with Gasteiger partial charge < -0.3 is 0 Å². The molecular weight excluding hydrogens is 697 g/mol. The van der Waals surface area contributed by atoms with Gasteiger partial charge in [-0.05, 0) is 151 Å². The van der Waals surface area contributed by atoms with Gasteiger partial charge in [0.15, 0.2) is 0 Å². The van der Waals surface area contributed by atoms with Crippen molar-refractivity contribution in [3.05, 3.63) is 180 Å². The summed E-state index contributed by atoms with van der Waals surface area (Å²) in [5, 5.41) is 13.2. The molecule has 58 heavy (non-hydrogen) atoms. The van der Waals surface area contributed by atoms with Crippen LogP contribution in [0.2, 0.25) is 0 Å². The monoisotopic (exact) mass is 746 g/mol. The van der Waals surface area contributed by atoms with Crippen LogP contribution in [0.5, 0.6) is 0 Å². The minimum absolute atomic E-state index is 0.0347. The smallest absolute Gasteiger partial charge is 0.00200 e. The van der Waals surface area contributed by atoms with Crippen LogP contribution in [-0.2, 0) is 5.41 Å². The normalized spacial score (nSPS) is 12.4. The molecule has 0 aliphatic heterocycles. The lowest BCUT2D eigenvalue weighted by molar-refractivity contribution is 0.596. The maximum Gasteiger partial charge on any atom is -0.00200 e. The lowest BCUT2D eigenvalue weighted by Crippen LogP contribution is -2.11. The molecule has 10 aromatic rings. The Bertz CT molecular complexity index is 3110. The molecule has 0 radical (unpaired) electrons. The predicted octanol–water partition coefficient (Wildman–Crippen LogP) is 17.1. The zero-order valence-electron chi connectivity index (χ0n) is 34.7. The fourth-order valence-corrected chi connectivity index (χ4v) is 9.62. The molecule has 0 unspecified atom stereocenters. The molecule has 0 fully saturated rings. The standard InChI is InChI=1S/C58H50/c1-35(2)41-22-27-49-51(33-41)54(45-31-43(37-14-10-8-11-15-37)30-44(32-45)38-16-12-9-13-17-38)48-26-21-42(36(3)4)34-52(48)57(49)47-25-19-39-20-28-50-53(58(5,6)7)29-23-40-18-24-46(47)55(39)56(40)50/h8-36H,1-7H3. The Kier molecular flexibility index (Phi) is 8.54. The van der Waals surface area contributed by atoms with Crippen LogP contribution in [0.25, 0.3) is 98.4 Å². The van der Waals surface area contributed by atoms with Crippen molar-refractivity contribution in [3.8, 4) is 44.5 Å². The molecule has 0 nitrogen and oxygen atoms in total. The molecule has 0 aromatic heterocycles. The minimum Gasteiger partial charge on any atom is -0.0622 e. The number of hydrogen-bond donors (Lipinski definition) is 0. The van der Waals surface area contributed by atoms with Gasteiger partial charge in [-0.15, -0.1) is 0 Å². The van der Waals surface area contributed by atoms with E-state index in [9.17, 15) is 0 Å². The Morgan fingerprint density at radius 1 is 0.345 bits per heavy atom. The molecule has 0 N–H and O–H groups in total. The lowest BCUT2D eigenvalue weighted by Gasteiger charge is -2.24. The van der Waals surface area contributed by atoms with Gasteiger partial charge in [0.25, 0.3) is 0 Å². The molecule has 0 aliphatic carbocycles. The van der Waals surface area contributed by atoms with Crippen LogP contribution >= 0.6 is 0 Å². The van der Waals surface area contributed by atoms with Crippen molar-refractivity contribution < 1.29 is 0 Å². The van der Waals surface area contributed by atoms with Crippen molar-refractivity contribution in [2.45, 2.75) is 65.7 Å². The van der Waals surface area contributed by atoms with Crippen molar-refractivity contribution in [3.63, 3.8) is 0 Å². The summed E-state index contributed by atoms with van der Waals surface area (Å²) in [6, 6.07) is 62.5. The Labute approximate surface area is 343 Å². The van der Waals surface area contributed by atoms with Gasteiger partial charge in [-0.3, -0.25) is 0 Å². The number of rotatable bonds is 6. The molecule has 10 rings (SSSR count). The van der Waals surface area contributed by atoms with E-state index in [0.29, 0.717) is 11.8 Å². The van der Waals surface area contributed by atoms with Gasteiger partial charge in [-0.25, -0.2) is 0 Å².